The summed E-state index contributed by atoms with van der Waals surface area (Å²) in [7, 11) is 0.0733. The summed E-state index contributed by atoms with van der Waals surface area (Å²) < 4.78 is 2.32. The van der Waals surface area contributed by atoms with Gasteiger partial charge < -0.3 is 9.59 Å². The second-order valence-electron chi connectivity index (χ2n) is 6.78. The van der Waals surface area contributed by atoms with Crippen LogP contribution in [0.1, 0.15) is 0 Å². The molecule has 0 fully saturated rings. The molecule has 0 amide bonds. The van der Waals surface area contributed by atoms with Crippen LogP contribution < -0.4 is 5.46 Å². The van der Waals surface area contributed by atoms with E-state index >= 15 is 0 Å². The molecular formula is C24H18BNO. The van der Waals surface area contributed by atoms with Gasteiger partial charge in [0, 0.05) is 16.5 Å². The van der Waals surface area contributed by atoms with Crippen LogP contribution in [0.25, 0.3) is 38.6 Å². The molecule has 5 rings (SSSR count). The Balaban J connectivity index is 1.77. The topological polar surface area (TPSA) is 25.2 Å². The maximum absolute atomic E-state index is 9.27. The van der Waals surface area contributed by atoms with Crippen molar-refractivity contribution in [2.75, 3.05) is 0 Å². The second kappa shape index (κ2) is 6.46. The summed E-state index contributed by atoms with van der Waals surface area (Å²) in [5.74, 6) is 0. The summed E-state index contributed by atoms with van der Waals surface area (Å²) in [5, 5.41) is 11.8. The smallest absolute Gasteiger partial charge is 0.304 e. The van der Waals surface area contributed by atoms with Crippen LogP contribution in [0, 0.1) is 0 Å². The molecule has 5 aromatic rings. The van der Waals surface area contributed by atoms with E-state index < -0.39 is 0 Å². The highest BCUT2D eigenvalue weighted by Gasteiger charge is 2.12. The SMILES string of the molecule is OBc1ccc(-c2ccc3c(c2)c2ccccc2n3-c2ccccc2)cc1. The molecule has 0 spiro atoms. The van der Waals surface area contributed by atoms with Gasteiger partial charge >= 0.3 is 7.48 Å². The number of hydrogen-bond donors (Lipinski definition) is 1. The molecule has 27 heavy (non-hydrogen) atoms. The molecule has 0 aliphatic carbocycles. The van der Waals surface area contributed by atoms with Gasteiger partial charge in [0.25, 0.3) is 0 Å². The monoisotopic (exact) mass is 347 g/mol. The van der Waals surface area contributed by atoms with Crippen LogP contribution in [0.3, 0.4) is 0 Å². The Morgan fingerprint density at radius 3 is 2.04 bits per heavy atom. The summed E-state index contributed by atoms with van der Waals surface area (Å²) in [5.41, 5.74) is 6.86. The summed E-state index contributed by atoms with van der Waals surface area (Å²) in [4.78, 5) is 0. The van der Waals surface area contributed by atoms with Gasteiger partial charge in [-0.1, -0.05) is 72.2 Å². The average molecular weight is 347 g/mol. The molecule has 1 aromatic heterocycles. The van der Waals surface area contributed by atoms with E-state index in [2.05, 4.69) is 83.4 Å². The van der Waals surface area contributed by atoms with E-state index in [1.165, 1.54) is 33.1 Å². The molecule has 0 saturated heterocycles. The zero-order chi connectivity index (χ0) is 18.2. The number of nitrogens with zero attached hydrogens (tertiary/aromatic N) is 1. The molecule has 0 aliphatic heterocycles. The zero-order valence-electron chi connectivity index (χ0n) is 14.8. The Morgan fingerprint density at radius 2 is 1.26 bits per heavy atom. The first-order valence-electron chi connectivity index (χ1n) is 9.14. The zero-order valence-corrected chi connectivity index (χ0v) is 14.8. The third-order valence-corrected chi connectivity index (χ3v) is 5.16. The molecule has 0 aliphatic rings. The van der Waals surface area contributed by atoms with Gasteiger partial charge in [0.1, 0.15) is 0 Å². The van der Waals surface area contributed by atoms with Gasteiger partial charge in [0.05, 0.1) is 11.0 Å². The van der Waals surface area contributed by atoms with Crippen molar-refractivity contribution in [3.8, 4) is 16.8 Å². The van der Waals surface area contributed by atoms with Gasteiger partial charge in [-0.25, -0.2) is 0 Å². The van der Waals surface area contributed by atoms with Crippen LogP contribution in [0.15, 0.2) is 97.1 Å². The molecule has 0 atom stereocenters. The van der Waals surface area contributed by atoms with Gasteiger partial charge in [-0.15, -0.1) is 0 Å². The lowest BCUT2D eigenvalue weighted by Crippen LogP contribution is -2.11. The van der Waals surface area contributed by atoms with E-state index in [4.69, 9.17) is 0 Å². The van der Waals surface area contributed by atoms with Crippen molar-refractivity contribution in [2.45, 2.75) is 0 Å². The first-order valence-corrected chi connectivity index (χ1v) is 9.14. The molecule has 0 bridgehead atoms. The molecule has 2 nitrogen and oxygen atoms in total. The van der Waals surface area contributed by atoms with Gasteiger partial charge in [-0.3, -0.25) is 0 Å². The molecular weight excluding hydrogens is 329 g/mol. The van der Waals surface area contributed by atoms with E-state index in [0.29, 0.717) is 0 Å². The van der Waals surface area contributed by atoms with E-state index in [-0.39, 0.29) is 7.48 Å². The van der Waals surface area contributed by atoms with Crippen molar-refractivity contribution in [1.82, 2.24) is 4.57 Å². The Labute approximate surface area is 158 Å². The molecule has 3 heteroatoms. The maximum Gasteiger partial charge on any atom is 0.304 e. The number of aromatic nitrogens is 1. The van der Waals surface area contributed by atoms with Crippen molar-refractivity contribution in [3.05, 3.63) is 97.1 Å². The van der Waals surface area contributed by atoms with Crippen LogP contribution in [0.4, 0.5) is 0 Å². The van der Waals surface area contributed by atoms with E-state index in [9.17, 15) is 5.02 Å². The Bertz CT molecular complexity index is 1240. The van der Waals surface area contributed by atoms with Gasteiger partial charge in [-0.2, -0.15) is 0 Å². The van der Waals surface area contributed by atoms with Crippen molar-refractivity contribution in [2.24, 2.45) is 0 Å². The maximum atomic E-state index is 9.27. The normalized spacial score (nSPS) is 11.1. The highest BCUT2D eigenvalue weighted by atomic mass is 16.2. The molecule has 4 aromatic carbocycles. The first kappa shape index (κ1) is 15.9. The van der Waals surface area contributed by atoms with Crippen molar-refractivity contribution in [3.63, 3.8) is 0 Å². The fraction of sp³-hybridized carbons (Fsp3) is 0. The predicted octanol–water partition coefficient (Wildman–Crippen LogP) is 4.42. The van der Waals surface area contributed by atoms with E-state index in [1.54, 1.807) is 0 Å². The van der Waals surface area contributed by atoms with Crippen molar-refractivity contribution < 1.29 is 5.02 Å². The van der Waals surface area contributed by atoms with Gasteiger partial charge in [0.2, 0.25) is 0 Å². The summed E-state index contributed by atoms with van der Waals surface area (Å²) >= 11 is 0. The number of rotatable bonds is 3. The third-order valence-electron chi connectivity index (χ3n) is 5.16. The van der Waals surface area contributed by atoms with Crippen molar-refractivity contribution >= 4 is 34.8 Å². The lowest BCUT2D eigenvalue weighted by molar-refractivity contribution is 0.615. The van der Waals surface area contributed by atoms with Crippen molar-refractivity contribution in [1.29, 1.82) is 0 Å². The summed E-state index contributed by atoms with van der Waals surface area (Å²) in [6.45, 7) is 0. The predicted molar refractivity (Wildman–Crippen MR) is 115 cm³/mol. The van der Waals surface area contributed by atoms with Gasteiger partial charge in [0.15, 0.2) is 0 Å². The Kier molecular flexibility index (Phi) is 3.81. The molecule has 0 radical (unpaired) electrons. The van der Waals surface area contributed by atoms with Crippen LogP contribution in [0.2, 0.25) is 0 Å². The average Bonchev–Trinajstić information content (AvgIpc) is 3.08. The Hall–Kier alpha value is -3.30. The largest absolute Gasteiger partial charge is 0.449 e. The van der Waals surface area contributed by atoms with E-state index in [0.717, 1.165) is 11.0 Å². The molecule has 0 saturated carbocycles. The fourth-order valence-corrected chi connectivity index (χ4v) is 3.81. The lowest BCUT2D eigenvalue weighted by atomic mass is 9.87. The minimum Gasteiger partial charge on any atom is -0.449 e. The highest BCUT2D eigenvalue weighted by Crippen LogP contribution is 2.34. The van der Waals surface area contributed by atoms with Crippen LogP contribution >= 0.6 is 0 Å². The highest BCUT2D eigenvalue weighted by molar-refractivity contribution is 6.45. The Morgan fingerprint density at radius 1 is 0.593 bits per heavy atom. The standard InChI is InChI=1S/C24H18BNO/c27-25-19-13-10-17(11-14-19)18-12-15-24-22(16-18)21-8-4-5-9-23(21)26(24)20-6-2-1-3-7-20/h1-16,25,27H. The quantitative estimate of drug-likeness (QED) is 0.480. The van der Waals surface area contributed by atoms with Crippen LogP contribution in [-0.2, 0) is 0 Å². The minimum absolute atomic E-state index is 0.0733. The molecule has 1 heterocycles. The number of hydrogen-bond acceptors (Lipinski definition) is 1. The first-order chi connectivity index (χ1) is 13.3. The number of benzene rings is 4. The molecule has 1 N–H and O–H groups in total. The van der Waals surface area contributed by atoms with E-state index in [1.807, 2.05) is 18.2 Å². The van der Waals surface area contributed by atoms with Crippen LogP contribution in [0.5, 0.6) is 0 Å². The van der Waals surface area contributed by atoms with Gasteiger partial charge in [-0.05, 0) is 41.5 Å². The third kappa shape index (κ3) is 2.64. The fourth-order valence-electron chi connectivity index (χ4n) is 3.81. The lowest BCUT2D eigenvalue weighted by Gasteiger charge is -2.08. The minimum atomic E-state index is 0.0733. The molecule has 128 valence electrons. The summed E-state index contributed by atoms with van der Waals surface area (Å²) in [6, 6.07) is 33.8. The molecule has 0 unspecified atom stereocenters. The number of fused-ring (bicyclic) bond motifs is 3. The number of para-hydroxylation sites is 2. The van der Waals surface area contributed by atoms with Crippen LogP contribution in [-0.4, -0.2) is 17.1 Å². The second-order valence-corrected chi connectivity index (χ2v) is 6.78. The summed E-state index contributed by atoms with van der Waals surface area (Å²) in [6.07, 6.45) is 0.